The van der Waals surface area contributed by atoms with E-state index < -0.39 is 28.5 Å². The molecule has 0 bridgehead atoms. The predicted octanol–water partition coefficient (Wildman–Crippen LogP) is 6.17. The number of nitrogens with one attached hydrogen (secondary N) is 1. The number of carbonyl (C=O) groups excluding carboxylic acids is 2. The van der Waals surface area contributed by atoms with Gasteiger partial charge in [-0.3, -0.25) is 13.9 Å². The van der Waals surface area contributed by atoms with Crippen molar-refractivity contribution < 1.29 is 18.0 Å². The number of sulfonamides is 1. The van der Waals surface area contributed by atoms with Crippen LogP contribution in [0.3, 0.4) is 0 Å². The maximum Gasteiger partial charge on any atom is 0.264 e. The summed E-state index contributed by atoms with van der Waals surface area (Å²) < 4.78 is 28.5. The van der Waals surface area contributed by atoms with E-state index in [1.54, 1.807) is 55.5 Å². The van der Waals surface area contributed by atoms with Crippen molar-refractivity contribution in [2.24, 2.45) is 0 Å². The Morgan fingerprint density at radius 1 is 0.897 bits per heavy atom. The number of halogens is 3. The fourth-order valence-corrected chi connectivity index (χ4v) is 5.60. The van der Waals surface area contributed by atoms with Crippen LogP contribution in [0.15, 0.2) is 77.7 Å². The molecule has 1 N–H and O–H groups in total. The lowest BCUT2D eigenvalue weighted by Crippen LogP contribution is -2.52. The molecule has 0 heterocycles. The molecule has 0 aliphatic rings. The summed E-state index contributed by atoms with van der Waals surface area (Å²) in [5.74, 6) is -0.932. The second-order valence-corrected chi connectivity index (χ2v) is 12.2. The van der Waals surface area contributed by atoms with Gasteiger partial charge in [-0.25, -0.2) is 8.42 Å². The number of amides is 2. The number of hydrogen-bond acceptors (Lipinski definition) is 4. The molecule has 2 amide bonds. The second kappa shape index (κ2) is 13.5. The Balaban J connectivity index is 2.01. The maximum atomic E-state index is 13.9. The molecule has 0 spiro atoms. The highest BCUT2D eigenvalue weighted by molar-refractivity contribution is 7.92. The van der Waals surface area contributed by atoms with Crippen molar-refractivity contribution in [2.75, 3.05) is 10.8 Å². The zero-order chi connectivity index (χ0) is 28.7. The molecule has 2 unspecified atom stereocenters. The van der Waals surface area contributed by atoms with Crippen molar-refractivity contribution in [1.29, 1.82) is 0 Å². The normalized spacial score (nSPS) is 12.9. The monoisotopic (exact) mass is 609 g/mol. The lowest BCUT2D eigenvalue weighted by molar-refractivity contribution is -0.139. The number of anilines is 1. The Morgan fingerprint density at radius 2 is 1.54 bits per heavy atom. The number of benzene rings is 3. The van der Waals surface area contributed by atoms with E-state index in [4.69, 9.17) is 34.8 Å². The zero-order valence-corrected chi connectivity index (χ0v) is 24.9. The van der Waals surface area contributed by atoms with Crippen LogP contribution in [-0.2, 0) is 26.2 Å². The van der Waals surface area contributed by atoms with Gasteiger partial charge in [-0.15, -0.1) is 0 Å². The van der Waals surface area contributed by atoms with Crippen molar-refractivity contribution >= 4 is 62.3 Å². The molecule has 0 aliphatic carbocycles. The highest BCUT2D eigenvalue weighted by Gasteiger charge is 2.32. The molecule has 39 heavy (non-hydrogen) atoms. The Bertz CT molecular complexity index is 1400. The number of hydrogen-bond donors (Lipinski definition) is 1. The molecule has 208 valence electrons. The molecule has 3 aromatic carbocycles. The van der Waals surface area contributed by atoms with Crippen molar-refractivity contribution in [3.63, 3.8) is 0 Å². The molecule has 0 saturated carbocycles. The van der Waals surface area contributed by atoms with Gasteiger partial charge < -0.3 is 10.2 Å². The average Bonchev–Trinajstić information content (AvgIpc) is 2.92. The van der Waals surface area contributed by atoms with Crippen LogP contribution in [0.5, 0.6) is 0 Å². The van der Waals surface area contributed by atoms with Crippen LogP contribution in [-0.4, -0.2) is 43.8 Å². The van der Waals surface area contributed by atoms with Crippen molar-refractivity contribution in [3.05, 3.63) is 93.4 Å². The van der Waals surface area contributed by atoms with E-state index in [1.165, 1.54) is 29.2 Å². The molecule has 0 radical (unpaired) electrons. The summed E-state index contributed by atoms with van der Waals surface area (Å²) in [6, 6.07) is 17.9. The summed E-state index contributed by atoms with van der Waals surface area (Å²) >= 11 is 18.2. The van der Waals surface area contributed by atoms with Crippen molar-refractivity contribution in [1.82, 2.24) is 10.2 Å². The quantitative estimate of drug-likeness (QED) is 0.281. The van der Waals surface area contributed by atoms with E-state index in [1.807, 2.05) is 13.8 Å². The zero-order valence-electron chi connectivity index (χ0n) is 21.8. The predicted molar refractivity (Wildman–Crippen MR) is 157 cm³/mol. The third-order valence-electron chi connectivity index (χ3n) is 6.23. The standard InChI is InChI=1S/C28H30Cl3N3O4S/c1-4-19(2)32-28(36)20(3)33(17-21-10-15-25(30)26(31)16-21)27(35)18-34(23-8-6-5-7-9-23)39(37,38)24-13-11-22(29)12-14-24/h5-16,19-20H,4,17-18H2,1-3H3,(H,32,36). The van der Waals surface area contributed by atoms with E-state index in [0.717, 1.165) is 4.31 Å². The van der Waals surface area contributed by atoms with E-state index >= 15 is 0 Å². The van der Waals surface area contributed by atoms with Crippen LogP contribution in [0.2, 0.25) is 15.1 Å². The average molecular weight is 611 g/mol. The first kappa shape index (κ1) is 30.8. The number of para-hydroxylation sites is 1. The van der Waals surface area contributed by atoms with Crippen LogP contribution >= 0.6 is 34.8 Å². The van der Waals surface area contributed by atoms with Crippen LogP contribution in [0.25, 0.3) is 0 Å². The minimum atomic E-state index is -4.17. The van der Waals surface area contributed by atoms with Gasteiger partial charge in [0.05, 0.1) is 20.6 Å². The number of nitrogens with zero attached hydrogens (tertiary/aromatic N) is 2. The van der Waals surface area contributed by atoms with Gasteiger partial charge >= 0.3 is 0 Å². The molecule has 0 fully saturated rings. The summed E-state index contributed by atoms with van der Waals surface area (Å²) in [6.07, 6.45) is 0.709. The van der Waals surface area contributed by atoms with Gasteiger partial charge in [0.15, 0.2) is 0 Å². The van der Waals surface area contributed by atoms with Crippen LogP contribution in [0, 0.1) is 0 Å². The molecule has 0 saturated heterocycles. The smallest absolute Gasteiger partial charge is 0.264 e. The minimum Gasteiger partial charge on any atom is -0.352 e. The van der Waals surface area contributed by atoms with E-state index in [2.05, 4.69) is 5.32 Å². The Hall–Kier alpha value is -2.78. The van der Waals surface area contributed by atoms with Gasteiger partial charge in [0, 0.05) is 17.6 Å². The third-order valence-corrected chi connectivity index (χ3v) is 9.01. The van der Waals surface area contributed by atoms with Gasteiger partial charge in [-0.1, -0.05) is 66.0 Å². The van der Waals surface area contributed by atoms with Gasteiger partial charge in [0.25, 0.3) is 10.0 Å². The van der Waals surface area contributed by atoms with E-state index in [0.29, 0.717) is 32.7 Å². The Kier molecular flexibility index (Phi) is 10.7. The molecule has 0 aliphatic heterocycles. The van der Waals surface area contributed by atoms with Crippen LogP contribution < -0.4 is 9.62 Å². The first-order chi connectivity index (χ1) is 18.4. The molecular weight excluding hydrogens is 581 g/mol. The highest BCUT2D eigenvalue weighted by atomic mass is 35.5. The summed E-state index contributed by atoms with van der Waals surface area (Å²) in [5, 5.41) is 3.93. The second-order valence-electron chi connectivity index (χ2n) is 9.07. The molecule has 7 nitrogen and oxygen atoms in total. The van der Waals surface area contributed by atoms with Crippen LogP contribution in [0.1, 0.15) is 32.8 Å². The van der Waals surface area contributed by atoms with E-state index in [-0.39, 0.29) is 23.4 Å². The van der Waals surface area contributed by atoms with E-state index in [9.17, 15) is 18.0 Å². The highest BCUT2D eigenvalue weighted by Crippen LogP contribution is 2.27. The summed E-state index contributed by atoms with van der Waals surface area (Å²) in [6.45, 7) is 4.87. The van der Waals surface area contributed by atoms with Crippen LogP contribution in [0.4, 0.5) is 5.69 Å². The molecular formula is C28H30Cl3N3O4S. The summed E-state index contributed by atoms with van der Waals surface area (Å²) in [5.41, 5.74) is 0.930. The van der Waals surface area contributed by atoms with Gasteiger partial charge in [-0.05, 0) is 74.4 Å². The fraction of sp³-hybridized carbons (Fsp3) is 0.286. The molecule has 3 rings (SSSR count). The van der Waals surface area contributed by atoms with Crippen molar-refractivity contribution in [2.45, 2.75) is 50.7 Å². The Labute approximate surface area is 244 Å². The largest absolute Gasteiger partial charge is 0.352 e. The molecule has 2 atom stereocenters. The lowest BCUT2D eigenvalue weighted by Gasteiger charge is -2.32. The SMILES string of the molecule is CCC(C)NC(=O)C(C)N(Cc1ccc(Cl)c(Cl)c1)C(=O)CN(c1ccccc1)S(=O)(=O)c1ccc(Cl)cc1. The van der Waals surface area contributed by atoms with Gasteiger partial charge in [0.2, 0.25) is 11.8 Å². The summed E-state index contributed by atoms with van der Waals surface area (Å²) in [7, 11) is -4.17. The molecule has 3 aromatic rings. The maximum absolute atomic E-state index is 13.9. The topological polar surface area (TPSA) is 86.8 Å². The third kappa shape index (κ3) is 7.88. The summed E-state index contributed by atoms with van der Waals surface area (Å²) in [4.78, 5) is 28.3. The minimum absolute atomic E-state index is 0.00837. The first-order valence-electron chi connectivity index (χ1n) is 12.3. The first-order valence-corrected chi connectivity index (χ1v) is 14.9. The number of carbonyl (C=O) groups is 2. The molecule has 0 aromatic heterocycles. The lowest BCUT2D eigenvalue weighted by atomic mass is 10.1. The fourth-order valence-electron chi connectivity index (χ4n) is 3.74. The van der Waals surface area contributed by atoms with Gasteiger partial charge in [0.1, 0.15) is 12.6 Å². The Morgan fingerprint density at radius 3 is 2.13 bits per heavy atom. The van der Waals surface area contributed by atoms with Crippen molar-refractivity contribution in [3.8, 4) is 0 Å². The van der Waals surface area contributed by atoms with Gasteiger partial charge in [-0.2, -0.15) is 0 Å². The molecule has 11 heteroatoms. The number of rotatable bonds is 11.